The summed E-state index contributed by atoms with van der Waals surface area (Å²) in [5.74, 6) is 0. The van der Waals surface area contributed by atoms with Gasteiger partial charge in [-0.25, -0.2) is 4.79 Å². The molecule has 0 spiro atoms. The predicted octanol–water partition coefficient (Wildman–Crippen LogP) is 3.05. The second-order valence-corrected chi connectivity index (χ2v) is 8.13. The quantitative estimate of drug-likeness (QED) is 0.859. The van der Waals surface area contributed by atoms with E-state index in [1.54, 1.807) is 16.2 Å². The van der Waals surface area contributed by atoms with Crippen molar-refractivity contribution in [3.05, 3.63) is 20.8 Å². The van der Waals surface area contributed by atoms with Crippen molar-refractivity contribution >= 4 is 33.4 Å². The number of morpholine rings is 1. The van der Waals surface area contributed by atoms with Crippen LogP contribution in [-0.4, -0.2) is 53.6 Å². The molecule has 0 radical (unpaired) electrons. The molecule has 1 fully saturated rings. The third-order valence-corrected chi connectivity index (χ3v) is 5.27. The Labute approximate surface area is 143 Å². The van der Waals surface area contributed by atoms with E-state index in [0.29, 0.717) is 26.2 Å². The SMILES string of the molecule is CC(C)(C)OC(=O)N1CCOCC1C(O)Cc1sccc1Br. The molecule has 1 aliphatic rings. The molecule has 1 aromatic heterocycles. The van der Waals surface area contributed by atoms with E-state index in [9.17, 15) is 9.90 Å². The molecule has 0 bridgehead atoms. The highest BCUT2D eigenvalue weighted by atomic mass is 79.9. The zero-order valence-corrected chi connectivity index (χ0v) is 15.4. The highest BCUT2D eigenvalue weighted by Crippen LogP contribution is 2.26. The van der Waals surface area contributed by atoms with E-state index in [2.05, 4.69) is 15.9 Å². The fraction of sp³-hybridized carbons (Fsp3) is 0.667. The van der Waals surface area contributed by atoms with Crippen LogP contribution in [0.2, 0.25) is 0 Å². The molecule has 2 atom stereocenters. The van der Waals surface area contributed by atoms with Crippen LogP contribution in [0.4, 0.5) is 4.79 Å². The van der Waals surface area contributed by atoms with Gasteiger partial charge < -0.3 is 14.6 Å². The highest BCUT2D eigenvalue weighted by molar-refractivity contribution is 9.10. The number of thiophene rings is 1. The Hall–Kier alpha value is -0.630. The van der Waals surface area contributed by atoms with E-state index in [1.165, 1.54) is 0 Å². The first-order valence-electron chi connectivity index (χ1n) is 7.25. The van der Waals surface area contributed by atoms with Crippen LogP contribution >= 0.6 is 27.3 Å². The van der Waals surface area contributed by atoms with Crippen molar-refractivity contribution in [1.82, 2.24) is 4.90 Å². The largest absolute Gasteiger partial charge is 0.444 e. The Morgan fingerprint density at radius 2 is 2.36 bits per heavy atom. The smallest absolute Gasteiger partial charge is 0.410 e. The van der Waals surface area contributed by atoms with Gasteiger partial charge in [-0.1, -0.05) is 0 Å². The first kappa shape index (κ1) is 17.7. The minimum atomic E-state index is -0.692. The zero-order chi connectivity index (χ0) is 16.3. The van der Waals surface area contributed by atoms with E-state index >= 15 is 0 Å². The summed E-state index contributed by atoms with van der Waals surface area (Å²) in [5, 5.41) is 12.5. The third-order valence-electron chi connectivity index (χ3n) is 3.32. The first-order chi connectivity index (χ1) is 10.3. The number of nitrogens with zero attached hydrogens (tertiary/aromatic N) is 1. The Kier molecular flexibility index (Phi) is 5.87. The zero-order valence-electron chi connectivity index (χ0n) is 13.0. The lowest BCUT2D eigenvalue weighted by molar-refractivity contribution is -0.0658. The van der Waals surface area contributed by atoms with E-state index < -0.39 is 23.8 Å². The molecule has 124 valence electrons. The number of rotatable bonds is 3. The van der Waals surface area contributed by atoms with Crippen LogP contribution in [0.15, 0.2) is 15.9 Å². The van der Waals surface area contributed by atoms with Crippen molar-refractivity contribution in [2.75, 3.05) is 19.8 Å². The first-order valence-corrected chi connectivity index (χ1v) is 8.92. The van der Waals surface area contributed by atoms with Crippen LogP contribution in [0.1, 0.15) is 25.6 Å². The summed E-state index contributed by atoms with van der Waals surface area (Å²) in [4.78, 5) is 15.0. The van der Waals surface area contributed by atoms with E-state index in [-0.39, 0.29) is 0 Å². The number of hydrogen-bond acceptors (Lipinski definition) is 5. The molecule has 1 aliphatic heterocycles. The van der Waals surface area contributed by atoms with E-state index in [1.807, 2.05) is 32.2 Å². The monoisotopic (exact) mass is 391 g/mol. The fourth-order valence-corrected chi connectivity index (χ4v) is 3.85. The van der Waals surface area contributed by atoms with Crippen LogP contribution < -0.4 is 0 Å². The topological polar surface area (TPSA) is 59.0 Å². The van der Waals surface area contributed by atoms with Crippen LogP contribution in [-0.2, 0) is 15.9 Å². The van der Waals surface area contributed by atoms with Crippen LogP contribution in [0.25, 0.3) is 0 Å². The Balaban J connectivity index is 2.05. The molecule has 1 N–H and O–H groups in total. The van der Waals surface area contributed by atoms with Gasteiger partial charge in [0.15, 0.2) is 0 Å². The van der Waals surface area contributed by atoms with Gasteiger partial charge in [0.1, 0.15) is 5.60 Å². The van der Waals surface area contributed by atoms with Crippen molar-refractivity contribution in [3.63, 3.8) is 0 Å². The van der Waals surface area contributed by atoms with Gasteiger partial charge >= 0.3 is 6.09 Å². The van der Waals surface area contributed by atoms with Crippen molar-refractivity contribution in [1.29, 1.82) is 0 Å². The van der Waals surface area contributed by atoms with Gasteiger partial charge in [-0.3, -0.25) is 4.90 Å². The van der Waals surface area contributed by atoms with Crippen molar-refractivity contribution in [2.24, 2.45) is 0 Å². The van der Waals surface area contributed by atoms with Crippen molar-refractivity contribution in [2.45, 2.75) is 44.9 Å². The summed E-state index contributed by atoms with van der Waals surface area (Å²) in [6, 6.07) is 1.56. The summed E-state index contributed by atoms with van der Waals surface area (Å²) in [5.41, 5.74) is -0.554. The van der Waals surface area contributed by atoms with Crippen LogP contribution in [0, 0.1) is 0 Å². The molecule has 1 aromatic rings. The molecule has 22 heavy (non-hydrogen) atoms. The number of hydrogen-bond donors (Lipinski definition) is 1. The van der Waals surface area contributed by atoms with Gasteiger partial charge in [0, 0.05) is 22.3 Å². The molecular weight excluding hydrogens is 370 g/mol. The number of carbonyl (C=O) groups is 1. The number of carbonyl (C=O) groups excluding carboxylic acids is 1. The minimum Gasteiger partial charge on any atom is -0.444 e. The lowest BCUT2D eigenvalue weighted by Crippen LogP contribution is -2.55. The molecule has 0 aliphatic carbocycles. The van der Waals surface area contributed by atoms with Gasteiger partial charge in [0.25, 0.3) is 0 Å². The molecular formula is C15H22BrNO4S. The summed E-state index contributed by atoms with van der Waals surface area (Å²) < 4.78 is 11.9. The lowest BCUT2D eigenvalue weighted by atomic mass is 10.1. The predicted molar refractivity (Wildman–Crippen MR) is 89.3 cm³/mol. The number of halogens is 1. The van der Waals surface area contributed by atoms with Gasteiger partial charge in [-0.2, -0.15) is 0 Å². The molecule has 7 heteroatoms. The van der Waals surface area contributed by atoms with Crippen LogP contribution in [0.3, 0.4) is 0 Å². The van der Waals surface area contributed by atoms with Gasteiger partial charge in [0.2, 0.25) is 0 Å². The Morgan fingerprint density at radius 1 is 1.64 bits per heavy atom. The number of ether oxygens (including phenoxy) is 2. The van der Waals surface area contributed by atoms with Gasteiger partial charge in [0.05, 0.1) is 25.4 Å². The second kappa shape index (κ2) is 7.29. The molecule has 0 saturated carbocycles. The molecule has 0 aromatic carbocycles. The molecule has 2 unspecified atom stereocenters. The summed E-state index contributed by atoms with van der Waals surface area (Å²) in [6.45, 7) is 6.72. The van der Waals surface area contributed by atoms with Gasteiger partial charge in [-0.15, -0.1) is 11.3 Å². The maximum absolute atomic E-state index is 12.3. The second-order valence-electron chi connectivity index (χ2n) is 6.28. The Bertz CT molecular complexity index is 514. The Morgan fingerprint density at radius 3 is 2.95 bits per heavy atom. The standard InChI is InChI=1S/C15H22BrNO4S/c1-15(2,3)21-14(19)17-5-6-20-9-11(17)12(18)8-13-10(16)4-7-22-13/h4,7,11-12,18H,5-6,8-9H2,1-3H3. The third kappa shape index (κ3) is 4.68. The molecule has 5 nitrogen and oxygen atoms in total. The normalized spacial score (nSPS) is 20.8. The van der Waals surface area contributed by atoms with Crippen molar-refractivity contribution in [3.8, 4) is 0 Å². The molecule has 2 rings (SSSR count). The van der Waals surface area contributed by atoms with Gasteiger partial charge in [-0.05, 0) is 48.1 Å². The fourth-order valence-electron chi connectivity index (χ4n) is 2.29. The maximum Gasteiger partial charge on any atom is 0.410 e. The minimum absolute atomic E-state index is 0.323. The summed E-state index contributed by atoms with van der Waals surface area (Å²) in [6.07, 6.45) is -0.612. The average Bonchev–Trinajstić information content (AvgIpc) is 2.82. The number of aliphatic hydroxyl groups is 1. The summed E-state index contributed by atoms with van der Waals surface area (Å²) in [7, 11) is 0. The highest BCUT2D eigenvalue weighted by Gasteiger charge is 2.35. The number of aliphatic hydroxyl groups excluding tert-OH is 1. The molecule has 1 saturated heterocycles. The van der Waals surface area contributed by atoms with Crippen molar-refractivity contribution < 1.29 is 19.4 Å². The maximum atomic E-state index is 12.3. The molecule has 1 amide bonds. The molecule has 2 heterocycles. The van der Waals surface area contributed by atoms with E-state index in [0.717, 1.165) is 9.35 Å². The number of amides is 1. The van der Waals surface area contributed by atoms with E-state index in [4.69, 9.17) is 9.47 Å². The average molecular weight is 392 g/mol. The van der Waals surface area contributed by atoms with Crippen LogP contribution in [0.5, 0.6) is 0 Å². The summed E-state index contributed by atoms with van der Waals surface area (Å²) >= 11 is 5.04. The lowest BCUT2D eigenvalue weighted by Gasteiger charge is -2.38.